The highest BCUT2D eigenvalue weighted by Gasteiger charge is 2.17. The van der Waals surface area contributed by atoms with E-state index < -0.39 is 5.97 Å². The Kier molecular flexibility index (Phi) is 7.19. The van der Waals surface area contributed by atoms with Gasteiger partial charge in [-0.05, 0) is 60.7 Å². The van der Waals surface area contributed by atoms with Crippen molar-refractivity contribution in [2.45, 2.75) is 5.16 Å². The van der Waals surface area contributed by atoms with Crippen LogP contribution in [0.5, 0.6) is 5.75 Å². The van der Waals surface area contributed by atoms with E-state index >= 15 is 0 Å². The van der Waals surface area contributed by atoms with E-state index in [2.05, 4.69) is 25.2 Å². The Morgan fingerprint density at radius 1 is 0.941 bits per heavy atom. The summed E-state index contributed by atoms with van der Waals surface area (Å²) in [5, 5.41) is 12.1. The minimum Gasteiger partial charge on any atom is -0.497 e. The summed E-state index contributed by atoms with van der Waals surface area (Å²) >= 11 is 1.26. The highest BCUT2D eigenvalue weighted by Crippen LogP contribution is 2.28. The van der Waals surface area contributed by atoms with E-state index in [1.54, 1.807) is 43.8 Å². The zero-order valence-electron chi connectivity index (χ0n) is 18.5. The molecule has 4 rings (SSSR count). The number of aromatic nitrogens is 4. The molecule has 9 nitrogen and oxygen atoms in total. The van der Waals surface area contributed by atoms with Gasteiger partial charge in [0.2, 0.25) is 5.91 Å². The predicted octanol–water partition coefficient (Wildman–Crippen LogP) is 3.86. The lowest BCUT2D eigenvalue weighted by atomic mass is 10.2. The third-order valence-electron chi connectivity index (χ3n) is 4.82. The molecule has 0 unspecified atom stereocenters. The fourth-order valence-corrected chi connectivity index (χ4v) is 3.90. The van der Waals surface area contributed by atoms with Gasteiger partial charge in [0, 0.05) is 29.3 Å². The summed E-state index contributed by atoms with van der Waals surface area (Å²) in [6.07, 6.45) is 3.38. The lowest BCUT2D eigenvalue weighted by Crippen LogP contribution is -2.14. The number of rotatable bonds is 8. The number of amides is 1. The summed E-state index contributed by atoms with van der Waals surface area (Å²) in [6, 6.07) is 17.7. The number of benzene rings is 2. The Bertz CT molecular complexity index is 1280. The summed E-state index contributed by atoms with van der Waals surface area (Å²) in [4.78, 5) is 28.2. The highest BCUT2D eigenvalue weighted by atomic mass is 32.2. The fourth-order valence-electron chi connectivity index (χ4n) is 3.15. The lowest BCUT2D eigenvalue weighted by Gasteiger charge is -2.11. The van der Waals surface area contributed by atoms with Gasteiger partial charge in [-0.2, -0.15) is 0 Å². The molecule has 0 aliphatic rings. The SMILES string of the molecule is COC(=O)c1ccc(NC(=O)CSc2nnc(-c3ccncc3)n2-c2ccc(OC)cc2)cc1. The number of carbonyl (C=O) groups is 2. The number of pyridine rings is 1. The van der Waals surface area contributed by atoms with E-state index in [1.165, 1.54) is 18.9 Å². The van der Waals surface area contributed by atoms with Crippen molar-refractivity contribution in [3.63, 3.8) is 0 Å². The van der Waals surface area contributed by atoms with Crippen LogP contribution in [0.1, 0.15) is 10.4 Å². The maximum Gasteiger partial charge on any atom is 0.337 e. The van der Waals surface area contributed by atoms with Gasteiger partial charge >= 0.3 is 5.97 Å². The van der Waals surface area contributed by atoms with Crippen LogP contribution in [0.3, 0.4) is 0 Å². The molecule has 2 aromatic carbocycles. The summed E-state index contributed by atoms with van der Waals surface area (Å²) in [7, 11) is 2.93. The zero-order chi connectivity index (χ0) is 23.9. The molecule has 1 amide bonds. The van der Waals surface area contributed by atoms with Gasteiger partial charge in [-0.1, -0.05) is 11.8 Å². The molecule has 0 aliphatic carbocycles. The summed E-state index contributed by atoms with van der Waals surface area (Å²) < 4.78 is 11.8. The minimum absolute atomic E-state index is 0.114. The van der Waals surface area contributed by atoms with E-state index in [0.717, 1.165) is 17.0 Å². The number of hydrogen-bond acceptors (Lipinski definition) is 8. The quantitative estimate of drug-likeness (QED) is 0.302. The number of anilines is 1. The van der Waals surface area contributed by atoms with Crippen LogP contribution in [0.2, 0.25) is 0 Å². The second kappa shape index (κ2) is 10.6. The van der Waals surface area contributed by atoms with Gasteiger partial charge in [-0.25, -0.2) is 4.79 Å². The molecule has 172 valence electrons. The third-order valence-corrected chi connectivity index (χ3v) is 5.75. The number of esters is 1. The van der Waals surface area contributed by atoms with Gasteiger partial charge in [-0.3, -0.25) is 14.3 Å². The third kappa shape index (κ3) is 5.24. The van der Waals surface area contributed by atoms with Crippen LogP contribution in [-0.2, 0) is 9.53 Å². The number of methoxy groups -OCH3 is 2. The number of nitrogens with one attached hydrogen (secondary N) is 1. The molecule has 0 spiro atoms. The van der Waals surface area contributed by atoms with Crippen molar-refractivity contribution < 1.29 is 19.1 Å². The Balaban J connectivity index is 1.52. The Morgan fingerprint density at radius 2 is 1.65 bits per heavy atom. The maximum atomic E-state index is 12.6. The first kappa shape index (κ1) is 23.0. The van der Waals surface area contributed by atoms with Crippen molar-refractivity contribution in [1.82, 2.24) is 19.7 Å². The average Bonchev–Trinajstić information content (AvgIpc) is 3.32. The number of hydrogen-bond donors (Lipinski definition) is 1. The zero-order valence-corrected chi connectivity index (χ0v) is 19.3. The number of thioether (sulfide) groups is 1. The molecule has 1 N–H and O–H groups in total. The van der Waals surface area contributed by atoms with Gasteiger partial charge in [-0.15, -0.1) is 10.2 Å². The molecule has 10 heteroatoms. The molecular weight excluding hydrogens is 454 g/mol. The van der Waals surface area contributed by atoms with Crippen LogP contribution in [0, 0.1) is 0 Å². The van der Waals surface area contributed by atoms with E-state index in [-0.39, 0.29) is 11.7 Å². The second-order valence-electron chi connectivity index (χ2n) is 6.98. The molecule has 0 fully saturated rings. The molecule has 0 radical (unpaired) electrons. The first-order valence-corrected chi connectivity index (χ1v) is 11.2. The van der Waals surface area contributed by atoms with E-state index in [9.17, 15) is 9.59 Å². The van der Waals surface area contributed by atoms with Crippen LogP contribution in [0.4, 0.5) is 5.69 Å². The van der Waals surface area contributed by atoms with Crippen molar-refractivity contribution in [2.75, 3.05) is 25.3 Å². The van der Waals surface area contributed by atoms with Crippen LogP contribution < -0.4 is 10.1 Å². The highest BCUT2D eigenvalue weighted by molar-refractivity contribution is 7.99. The van der Waals surface area contributed by atoms with Gasteiger partial charge in [0.05, 0.1) is 25.5 Å². The lowest BCUT2D eigenvalue weighted by molar-refractivity contribution is -0.113. The first-order valence-electron chi connectivity index (χ1n) is 10.2. The number of carbonyl (C=O) groups excluding carboxylic acids is 2. The average molecular weight is 476 g/mol. The number of ether oxygens (including phenoxy) is 2. The van der Waals surface area contributed by atoms with Crippen molar-refractivity contribution >= 4 is 29.3 Å². The normalized spacial score (nSPS) is 10.5. The number of nitrogens with zero attached hydrogens (tertiary/aromatic N) is 4. The molecular formula is C24H21N5O4S. The Labute approximate surface area is 200 Å². The molecule has 0 saturated carbocycles. The minimum atomic E-state index is -0.434. The smallest absolute Gasteiger partial charge is 0.337 e. The van der Waals surface area contributed by atoms with Crippen LogP contribution in [0.25, 0.3) is 17.1 Å². The van der Waals surface area contributed by atoms with Crippen LogP contribution in [-0.4, -0.2) is 51.6 Å². The summed E-state index contributed by atoms with van der Waals surface area (Å²) in [6.45, 7) is 0. The van der Waals surface area contributed by atoms with Crippen LogP contribution >= 0.6 is 11.8 Å². The van der Waals surface area contributed by atoms with Gasteiger partial charge in [0.15, 0.2) is 11.0 Å². The van der Waals surface area contributed by atoms with E-state index in [0.29, 0.717) is 22.2 Å². The monoisotopic (exact) mass is 475 g/mol. The van der Waals surface area contributed by atoms with Gasteiger partial charge in [0.1, 0.15) is 5.75 Å². The molecule has 4 aromatic rings. The molecule has 2 aromatic heterocycles. The molecule has 0 atom stereocenters. The van der Waals surface area contributed by atoms with Gasteiger partial charge < -0.3 is 14.8 Å². The van der Waals surface area contributed by atoms with Crippen molar-refractivity contribution in [2.24, 2.45) is 0 Å². The Morgan fingerprint density at radius 3 is 2.29 bits per heavy atom. The Hall–Kier alpha value is -4.18. The maximum absolute atomic E-state index is 12.6. The topological polar surface area (TPSA) is 108 Å². The standard InChI is InChI=1S/C24H21N5O4S/c1-32-20-9-7-19(8-10-20)29-22(16-11-13-25-14-12-16)27-28-24(29)34-15-21(30)26-18-5-3-17(4-6-18)23(31)33-2/h3-14H,15H2,1-2H3,(H,26,30). The molecule has 34 heavy (non-hydrogen) atoms. The molecule has 0 saturated heterocycles. The van der Waals surface area contributed by atoms with E-state index in [1.807, 2.05) is 41.0 Å². The summed E-state index contributed by atoms with van der Waals surface area (Å²) in [5.41, 5.74) is 2.66. The summed E-state index contributed by atoms with van der Waals surface area (Å²) in [5.74, 6) is 0.827. The van der Waals surface area contributed by atoms with Crippen molar-refractivity contribution in [3.8, 4) is 22.8 Å². The van der Waals surface area contributed by atoms with Crippen molar-refractivity contribution in [1.29, 1.82) is 0 Å². The van der Waals surface area contributed by atoms with Crippen LogP contribution in [0.15, 0.2) is 78.2 Å². The van der Waals surface area contributed by atoms with Gasteiger partial charge in [0.25, 0.3) is 0 Å². The first-order chi connectivity index (χ1) is 16.6. The van der Waals surface area contributed by atoms with E-state index in [4.69, 9.17) is 4.74 Å². The fraction of sp³-hybridized carbons (Fsp3) is 0.125. The second-order valence-corrected chi connectivity index (χ2v) is 7.92. The van der Waals surface area contributed by atoms with Crippen molar-refractivity contribution in [3.05, 3.63) is 78.6 Å². The molecule has 0 aliphatic heterocycles. The molecule has 0 bridgehead atoms. The largest absolute Gasteiger partial charge is 0.497 e. The molecule has 2 heterocycles. The predicted molar refractivity (Wildman–Crippen MR) is 128 cm³/mol.